The number of aromatic nitrogens is 3. The molecule has 3 heterocycles. The topological polar surface area (TPSA) is 71.8 Å². The van der Waals surface area contributed by atoms with Gasteiger partial charge in [0, 0.05) is 21.8 Å². The Kier molecular flexibility index (Phi) is 5.70. The Hall–Kier alpha value is -3.13. The number of nitrogens with zero attached hydrogens (tertiary/aromatic N) is 3. The molecular weight excluding hydrogens is 477 g/mol. The first-order valence-corrected chi connectivity index (χ1v) is 11.9. The number of thiophene rings is 1. The Morgan fingerprint density at radius 3 is 2.58 bits per heavy atom. The third kappa shape index (κ3) is 4.04. The number of anilines is 2. The van der Waals surface area contributed by atoms with Crippen molar-refractivity contribution < 1.29 is 4.79 Å². The molecule has 0 bridgehead atoms. The summed E-state index contributed by atoms with van der Waals surface area (Å²) < 4.78 is 1.77. The fourth-order valence-electron chi connectivity index (χ4n) is 3.83. The van der Waals surface area contributed by atoms with Crippen molar-refractivity contribution in [3.63, 3.8) is 0 Å². The average molecular weight is 496 g/mol. The second-order valence-electron chi connectivity index (χ2n) is 7.69. The quantitative estimate of drug-likeness (QED) is 0.336. The number of carbonyl (C=O) groups excluding carboxylic acids is 1. The molecule has 0 saturated heterocycles. The fourth-order valence-corrected chi connectivity index (χ4v) is 5.15. The number of allylic oxidation sites excluding steroid dienone is 1. The molecule has 1 unspecified atom stereocenters. The Morgan fingerprint density at radius 1 is 1.09 bits per heavy atom. The number of aryl methyl sites for hydroxylation is 1. The summed E-state index contributed by atoms with van der Waals surface area (Å²) in [6.45, 7) is 3.92. The van der Waals surface area contributed by atoms with Crippen molar-refractivity contribution in [2.75, 3.05) is 10.6 Å². The third-order valence-corrected chi connectivity index (χ3v) is 7.27. The summed E-state index contributed by atoms with van der Waals surface area (Å²) in [6, 6.07) is 16.3. The van der Waals surface area contributed by atoms with Crippen LogP contribution in [0.25, 0.3) is 11.4 Å². The highest BCUT2D eigenvalue weighted by Crippen LogP contribution is 2.40. The summed E-state index contributed by atoms with van der Waals surface area (Å²) in [5.41, 5.74) is 3.86. The minimum atomic E-state index is -0.422. The van der Waals surface area contributed by atoms with Gasteiger partial charge in [0.25, 0.3) is 5.91 Å². The zero-order valence-electron chi connectivity index (χ0n) is 17.8. The summed E-state index contributed by atoms with van der Waals surface area (Å²) in [6.07, 6.45) is 0. The normalized spacial score (nSPS) is 15.2. The number of hydrogen-bond donors (Lipinski definition) is 2. The molecule has 1 aliphatic heterocycles. The van der Waals surface area contributed by atoms with Crippen LogP contribution in [0.15, 0.2) is 71.2 Å². The molecule has 0 radical (unpaired) electrons. The molecule has 0 spiro atoms. The van der Waals surface area contributed by atoms with Crippen molar-refractivity contribution >= 4 is 52.1 Å². The van der Waals surface area contributed by atoms with Crippen LogP contribution in [-0.2, 0) is 4.79 Å². The smallest absolute Gasteiger partial charge is 0.255 e. The minimum absolute atomic E-state index is 0.193. The van der Waals surface area contributed by atoms with E-state index in [0.717, 1.165) is 27.4 Å². The Morgan fingerprint density at radius 2 is 1.88 bits per heavy atom. The van der Waals surface area contributed by atoms with E-state index in [2.05, 4.69) is 15.6 Å². The lowest BCUT2D eigenvalue weighted by molar-refractivity contribution is -0.113. The molecule has 2 aromatic heterocycles. The van der Waals surface area contributed by atoms with Crippen LogP contribution in [0, 0.1) is 6.92 Å². The van der Waals surface area contributed by atoms with Crippen LogP contribution in [0.5, 0.6) is 0 Å². The maximum Gasteiger partial charge on any atom is 0.255 e. The molecule has 5 rings (SSSR count). The van der Waals surface area contributed by atoms with E-state index in [-0.39, 0.29) is 5.91 Å². The number of fused-ring (bicyclic) bond motifs is 1. The van der Waals surface area contributed by atoms with E-state index in [1.807, 2.05) is 61.7 Å². The van der Waals surface area contributed by atoms with Gasteiger partial charge in [0.05, 0.1) is 15.6 Å². The lowest BCUT2D eigenvalue weighted by atomic mass is 9.99. The SMILES string of the molecule is CC1=C(C(=O)Nc2ccccc2)C(c2sccc2C)n2nc(-c3ccc(Cl)c(Cl)c3)nc2N1. The van der Waals surface area contributed by atoms with Gasteiger partial charge in [0.2, 0.25) is 5.95 Å². The molecule has 6 nitrogen and oxygen atoms in total. The molecule has 166 valence electrons. The number of para-hydroxylation sites is 1. The number of nitrogens with one attached hydrogen (secondary N) is 2. The van der Waals surface area contributed by atoms with Gasteiger partial charge < -0.3 is 10.6 Å². The zero-order valence-corrected chi connectivity index (χ0v) is 20.1. The molecule has 1 aliphatic rings. The lowest BCUT2D eigenvalue weighted by Crippen LogP contribution is -2.31. The van der Waals surface area contributed by atoms with Gasteiger partial charge in [-0.15, -0.1) is 16.4 Å². The maximum absolute atomic E-state index is 13.5. The molecule has 0 fully saturated rings. The highest BCUT2D eigenvalue weighted by atomic mass is 35.5. The van der Waals surface area contributed by atoms with E-state index >= 15 is 0 Å². The predicted molar refractivity (Wildman–Crippen MR) is 134 cm³/mol. The Balaban J connectivity index is 1.60. The highest BCUT2D eigenvalue weighted by Gasteiger charge is 2.36. The third-order valence-electron chi connectivity index (χ3n) is 5.46. The van der Waals surface area contributed by atoms with Crippen molar-refractivity contribution in [1.29, 1.82) is 0 Å². The lowest BCUT2D eigenvalue weighted by Gasteiger charge is -2.28. The molecule has 0 aliphatic carbocycles. The predicted octanol–water partition coefficient (Wildman–Crippen LogP) is 6.55. The molecular formula is C24H19Cl2N5OS. The minimum Gasteiger partial charge on any atom is -0.328 e. The largest absolute Gasteiger partial charge is 0.328 e. The van der Waals surface area contributed by atoms with Crippen molar-refractivity contribution in [3.05, 3.63) is 91.7 Å². The first-order chi connectivity index (χ1) is 15.9. The van der Waals surface area contributed by atoms with Crippen LogP contribution < -0.4 is 10.6 Å². The highest BCUT2D eigenvalue weighted by molar-refractivity contribution is 7.10. The van der Waals surface area contributed by atoms with Crippen LogP contribution in [0.4, 0.5) is 11.6 Å². The molecule has 2 aromatic carbocycles. The van der Waals surface area contributed by atoms with Crippen molar-refractivity contribution in [1.82, 2.24) is 14.8 Å². The number of hydrogen-bond acceptors (Lipinski definition) is 5. The van der Waals surface area contributed by atoms with Gasteiger partial charge in [-0.2, -0.15) is 4.98 Å². The van der Waals surface area contributed by atoms with Crippen LogP contribution in [0.1, 0.15) is 23.4 Å². The number of halogens is 2. The van der Waals surface area contributed by atoms with Gasteiger partial charge in [-0.3, -0.25) is 4.79 Å². The second kappa shape index (κ2) is 8.67. The number of amides is 1. The molecule has 0 saturated carbocycles. The van der Waals surface area contributed by atoms with E-state index in [1.165, 1.54) is 0 Å². The molecule has 1 atom stereocenters. The van der Waals surface area contributed by atoms with Crippen LogP contribution >= 0.6 is 34.5 Å². The summed E-state index contributed by atoms with van der Waals surface area (Å²) in [4.78, 5) is 19.2. The first-order valence-electron chi connectivity index (χ1n) is 10.2. The van der Waals surface area contributed by atoms with Gasteiger partial charge in [0.15, 0.2) is 5.82 Å². The molecule has 9 heteroatoms. The Labute approximate surface area is 204 Å². The van der Waals surface area contributed by atoms with Gasteiger partial charge in [-0.25, -0.2) is 4.68 Å². The van der Waals surface area contributed by atoms with Gasteiger partial charge >= 0.3 is 0 Å². The van der Waals surface area contributed by atoms with Crippen LogP contribution in [0.2, 0.25) is 10.0 Å². The number of benzene rings is 2. The van der Waals surface area contributed by atoms with Crippen molar-refractivity contribution in [3.8, 4) is 11.4 Å². The maximum atomic E-state index is 13.5. The van der Waals surface area contributed by atoms with Crippen molar-refractivity contribution in [2.24, 2.45) is 0 Å². The summed E-state index contributed by atoms with van der Waals surface area (Å²) >= 11 is 13.9. The fraction of sp³-hybridized carbons (Fsp3) is 0.125. The average Bonchev–Trinajstić information content (AvgIpc) is 3.41. The summed E-state index contributed by atoms with van der Waals surface area (Å²) in [7, 11) is 0. The zero-order chi connectivity index (χ0) is 23.1. The number of carbonyl (C=O) groups is 1. The van der Waals surface area contributed by atoms with E-state index in [9.17, 15) is 4.79 Å². The van der Waals surface area contributed by atoms with Gasteiger partial charge in [-0.05, 0) is 61.2 Å². The van der Waals surface area contributed by atoms with E-state index < -0.39 is 6.04 Å². The number of rotatable bonds is 4. The van der Waals surface area contributed by atoms with E-state index in [1.54, 1.807) is 28.2 Å². The van der Waals surface area contributed by atoms with Crippen LogP contribution in [0.3, 0.4) is 0 Å². The summed E-state index contributed by atoms with van der Waals surface area (Å²) in [5.74, 6) is 0.858. The molecule has 4 aromatic rings. The molecule has 2 N–H and O–H groups in total. The Bertz CT molecular complexity index is 1390. The molecule has 1 amide bonds. The van der Waals surface area contributed by atoms with Crippen LogP contribution in [-0.4, -0.2) is 20.7 Å². The summed E-state index contributed by atoms with van der Waals surface area (Å²) in [5, 5.41) is 14.0. The monoisotopic (exact) mass is 495 g/mol. The molecule has 33 heavy (non-hydrogen) atoms. The first kappa shape index (κ1) is 21.7. The van der Waals surface area contributed by atoms with E-state index in [4.69, 9.17) is 28.3 Å². The van der Waals surface area contributed by atoms with Gasteiger partial charge in [0.1, 0.15) is 6.04 Å². The van der Waals surface area contributed by atoms with Crippen molar-refractivity contribution in [2.45, 2.75) is 19.9 Å². The second-order valence-corrected chi connectivity index (χ2v) is 9.45. The standard InChI is InChI=1S/C24H19Cl2N5OS/c1-13-10-11-33-21(13)20-19(23(32)28-16-6-4-3-5-7-16)14(2)27-24-29-22(30-31(20)24)15-8-9-17(25)18(26)12-15/h3-12,20H,1-2H3,(H,28,32)(H,27,29,30). The van der Waals surface area contributed by atoms with E-state index in [0.29, 0.717) is 27.4 Å². The van der Waals surface area contributed by atoms with Gasteiger partial charge in [-0.1, -0.05) is 41.4 Å².